The highest BCUT2D eigenvalue weighted by Crippen LogP contribution is 2.40. The molecule has 1 aromatic carbocycles. The molecule has 0 radical (unpaired) electrons. The molecule has 1 aromatic rings. The van der Waals surface area contributed by atoms with E-state index >= 15 is 0 Å². The molecule has 70 valence electrons. The van der Waals surface area contributed by atoms with Gasteiger partial charge in [0.15, 0.2) is 0 Å². The minimum Gasteiger partial charge on any atom is -0.388 e. The van der Waals surface area contributed by atoms with Crippen molar-refractivity contribution in [1.82, 2.24) is 0 Å². The van der Waals surface area contributed by atoms with Crippen LogP contribution in [0.25, 0.3) is 0 Å². The second-order valence-corrected chi connectivity index (χ2v) is 3.49. The van der Waals surface area contributed by atoms with Crippen molar-refractivity contribution in [3.8, 4) is 0 Å². The topological polar surface area (TPSA) is 20.2 Å². The molecule has 0 unspecified atom stereocenters. The Morgan fingerprint density at radius 3 is 2.15 bits per heavy atom. The van der Waals surface area contributed by atoms with Gasteiger partial charge >= 0.3 is 0 Å². The first-order chi connectivity index (χ1) is 6.16. The average Bonchev–Trinajstić information content (AvgIpc) is 2.83. The lowest BCUT2D eigenvalue weighted by Crippen LogP contribution is -2.00. The SMILES string of the molecule is O[C@H](c1cc(F)cc(F)c1)C1CC1. The van der Waals surface area contributed by atoms with Gasteiger partial charge in [-0.1, -0.05) is 0 Å². The summed E-state index contributed by atoms with van der Waals surface area (Å²) in [5.74, 6) is -1.06. The van der Waals surface area contributed by atoms with Crippen LogP contribution in [0.2, 0.25) is 0 Å². The fraction of sp³-hybridized carbons (Fsp3) is 0.400. The van der Waals surface area contributed by atoms with E-state index in [1.807, 2.05) is 0 Å². The summed E-state index contributed by atoms with van der Waals surface area (Å²) in [6, 6.07) is 3.18. The van der Waals surface area contributed by atoms with E-state index in [9.17, 15) is 13.9 Å². The predicted molar refractivity (Wildman–Crippen MR) is 44.0 cm³/mol. The molecule has 2 rings (SSSR count). The van der Waals surface area contributed by atoms with Crippen molar-refractivity contribution in [2.24, 2.45) is 5.92 Å². The summed E-state index contributed by atoms with van der Waals surface area (Å²) in [6.07, 6.45) is 1.18. The minimum absolute atomic E-state index is 0.196. The van der Waals surface area contributed by atoms with E-state index in [-0.39, 0.29) is 5.92 Å². The molecule has 1 N–H and O–H groups in total. The van der Waals surface area contributed by atoms with Gasteiger partial charge in [0, 0.05) is 6.07 Å². The molecule has 0 heterocycles. The van der Waals surface area contributed by atoms with E-state index in [1.54, 1.807) is 0 Å². The van der Waals surface area contributed by atoms with E-state index in [0.29, 0.717) is 5.56 Å². The highest BCUT2D eigenvalue weighted by atomic mass is 19.1. The van der Waals surface area contributed by atoms with Gasteiger partial charge in [-0.05, 0) is 36.5 Å². The zero-order chi connectivity index (χ0) is 9.42. The van der Waals surface area contributed by atoms with Gasteiger partial charge < -0.3 is 5.11 Å². The fourth-order valence-corrected chi connectivity index (χ4v) is 1.43. The number of aliphatic hydroxyl groups excluding tert-OH is 1. The smallest absolute Gasteiger partial charge is 0.126 e. The number of aliphatic hydroxyl groups is 1. The van der Waals surface area contributed by atoms with Crippen LogP contribution >= 0.6 is 0 Å². The van der Waals surface area contributed by atoms with Gasteiger partial charge in [0.05, 0.1) is 6.10 Å². The summed E-state index contributed by atoms with van der Waals surface area (Å²) in [5.41, 5.74) is 0.347. The zero-order valence-electron chi connectivity index (χ0n) is 7.00. The van der Waals surface area contributed by atoms with Crippen LogP contribution in [-0.4, -0.2) is 5.11 Å². The van der Waals surface area contributed by atoms with Crippen molar-refractivity contribution in [3.05, 3.63) is 35.4 Å². The molecule has 0 aromatic heterocycles. The van der Waals surface area contributed by atoms with Crippen molar-refractivity contribution in [1.29, 1.82) is 0 Å². The summed E-state index contributed by atoms with van der Waals surface area (Å²) in [5, 5.41) is 9.58. The lowest BCUT2D eigenvalue weighted by atomic mass is 10.1. The Labute approximate surface area is 75.0 Å². The Kier molecular flexibility index (Phi) is 2.04. The van der Waals surface area contributed by atoms with Gasteiger partial charge in [0.25, 0.3) is 0 Å². The van der Waals surface area contributed by atoms with Crippen molar-refractivity contribution in [3.63, 3.8) is 0 Å². The number of hydrogen-bond acceptors (Lipinski definition) is 1. The summed E-state index contributed by atoms with van der Waals surface area (Å²) in [7, 11) is 0. The van der Waals surface area contributed by atoms with Crippen molar-refractivity contribution in [2.75, 3.05) is 0 Å². The molecule has 1 atom stereocenters. The number of rotatable bonds is 2. The van der Waals surface area contributed by atoms with E-state index in [2.05, 4.69) is 0 Å². The highest BCUT2D eigenvalue weighted by molar-refractivity contribution is 5.21. The summed E-state index contributed by atoms with van der Waals surface area (Å²) >= 11 is 0. The molecule has 0 aliphatic heterocycles. The molecular formula is C10H10F2O. The first-order valence-electron chi connectivity index (χ1n) is 4.31. The molecule has 1 aliphatic carbocycles. The molecule has 1 nitrogen and oxygen atoms in total. The molecule has 1 saturated carbocycles. The van der Waals surface area contributed by atoms with Crippen LogP contribution in [0.3, 0.4) is 0 Å². The van der Waals surface area contributed by atoms with E-state index in [1.165, 1.54) is 12.1 Å². The molecule has 1 fully saturated rings. The minimum atomic E-state index is -0.704. The average molecular weight is 184 g/mol. The standard InChI is InChI=1S/C10H10F2O/c11-8-3-7(4-9(12)5-8)10(13)6-1-2-6/h3-6,10,13H,1-2H2/t10-/m0/s1. The summed E-state index contributed by atoms with van der Waals surface area (Å²) in [4.78, 5) is 0. The Bertz CT molecular complexity index is 300. The third-order valence-electron chi connectivity index (χ3n) is 2.29. The molecule has 0 spiro atoms. The van der Waals surface area contributed by atoms with Crippen LogP contribution in [0.1, 0.15) is 24.5 Å². The van der Waals surface area contributed by atoms with Crippen LogP contribution in [0.5, 0.6) is 0 Å². The molecule has 13 heavy (non-hydrogen) atoms. The molecule has 0 amide bonds. The van der Waals surface area contributed by atoms with Gasteiger partial charge in [-0.25, -0.2) is 8.78 Å². The quantitative estimate of drug-likeness (QED) is 0.748. The summed E-state index contributed by atoms with van der Waals surface area (Å²) in [6.45, 7) is 0. The Hall–Kier alpha value is -0.960. The van der Waals surface area contributed by atoms with Crippen LogP contribution < -0.4 is 0 Å². The van der Waals surface area contributed by atoms with Crippen LogP contribution in [0, 0.1) is 17.6 Å². The molecule has 0 bridgehead atoms. The fourth-order valence-electron chi connectivity index (χ4n) is 1.43. The Morgan fingerprint density at radius 2 is 1.69 bits per heavy atom. The van der Waals surface area contributed by atoms with Gasteiger partial charge in [0.2, 0.25) is 0 Å². The third-order valence-corrected chi connectivity index (χ3v) is 2.29. The van der Waals surface area contributed by atoms with Gasteiger partial charge in [-0.2, -0.15) is 0 Å². The van der Waals surface area contributed by atoms with Crippen LogP contribution in [-0.2, 0) is 0 Å². The third kappa shape index (κ3) is 1.86. The Balaban J connectivity index is 2.27. The normalized spacial score (nSPS) is 18.7. The number of benzene rings is 1. The largest absolute Gasteiger partial charge is 0.388 e. The second-order valence-electron chi connectivity index (χ2n) is 3.49. The maximum atomic E-state index is 12.7. The van der Waals surface area contributed by atoms with Crippen LogP contribution in [0.15, 0.2) is 18.2 Å². The van der Waals surface area contributed by atoms with Crippen molar-refractivity contribution >= 4 is 0 Å². The molecular weight excluding hydrogens is 174 g/mol. The molecule has 0 saturated heterocycles. The lowest BCUT2D eigenvalue weighted by Gasteiger charge is -2.09. The van der Waals surface area contributed by atoms with Gasteiger partial charge in [0.1, 0.15) is 11.6 Å². The predicted octanol–water partition coefficient (Wildman–Crippen LogP) is 2.41. The lowest BCUT2D eigenvalue weighted by molar-refractivity contribution is 0.153. The van der Waals surface area contributed by atoms with Crippen molar-refractivity contribution in [2.45, 2.75) is 18.9 Å². The van der Waals surface area contributed by atoms with E-state index in [4.69, 9.17) is 0 Å². The zero-order valence-corrected chi connectivity index (χ0v) is 7.00. The van der Waals surface area contributed by atoms with Gasteiger partial charge in [-0.15, -0.1) is 0 Å². The highest BCUT2D eigenvalue weighted by Gasteiger charge is 2.31. The van der Waals surface area contributed by atoms with Gasteiger partial charge in [-0.3, -0.25) is 0 Å². The first kappa shape index (κ1) is 8.63. The number of halogens is 2. The monoisotopic (exact) mass is 184 g/mol. The van der Waals surface area contributed by atoms with Crippen molar-refractivity contribution < 1.29 is 13.9 Å². The summed E-state index contributed by atoms with van der Waals surface area (Å²) < 4.78 is 25.4. The first-order valence-corrected chi connectivity index (χ1v) is 4.31. The van der Waals surface area contributed by atoms with E-state index in [0.717, 1.165) is 18.9 Å². The second kappa shape index (κ2) is 3.07. The molecule has 3 heteroatoms. The maximum Gasteiger partial charge on any atom is 0.126 e. The van der Waals surface area contributed by atoms with Crippen LogP contribution in [0.4, 0.5) is 8.78 Å². The maximum absolute atomic E-state index is 12.7. The Morgan fingerprint density at radius 1 is 1.15 bits per heavy atom. The molecule has 1 aliphatic rings. The van der Waals surface area contributed by atoms with E-state index < -0.39 is 17.7 Å². The number of hydrogen-bond donors (Lipinski definition) is 1.